The van der Waals surface area contributed by atoms with Gasteiger partial charge in [-0.1, -0.05) is 26.0 Å². The van der Waals surface area contributed by atoms with E-state index in [0.717, 1.165) is 20.2 Å². The first-order valence-electron chi connectivity index (χ1n) is 6.23. The number of aromatic nitrogens is 4. The molecule has 108 valence electrons. The van der Waals surface area contributed by atoms with Crippen molar-refractivity contribution in [2.45, 2.75) is 29.3 Å². The Hall–Kier alpha value is -1.25. The standard InChI is InChI=1S/C13H11BrN4OS2/c1-7(2)10-15-13(21-18-10)20-12-17-16-11(19-12)8-5-3-4-6-9(8)14/h3-7H,1-2H3. The van der Waals surface area contributed by atoms with Crippen molar-refractivity contribution in [2.24, 2.45) is 0 Å². The van der Waals surface area contributed by atoms with Crippen LogP contribution in [0.4, 0.5) is 0 Å². The number of nitrogens with zero attached hydrogens (tertiary/aromatic N) is 4. The van der Waals surface area contributed by atoms with Gasteiger partial charge in [0.05, 0.1) is 5.56 Å². The molecule has 0 saturated carbocycles. The summed E-state index contributed by atoms with van der Waals surface area (Å²) < 4.78 is 11.7. The zero-order valence-electron chi connectivity index (χ0n) is 11.3. The smallest absolute Gasteiger partial charge is 0.284 e. The quantitative estimate of drug-likeness (QED) is 0.655. The van der Waals surface area contributed by atoms with E-state index in [0.29, 0.717) is 17.0 Å². The van der Waals surface area contributed by atoms with Gasteiger partial charge in [0.2, 0.25) is 5.89 Å². The van der Waals surface area contributed by atoms with Crippen LogP contribution >= 0.6 is 39.2 Å². The molecule has 1 aromatic carbocycles. The van der Waals surface area contributed by atoms with Crippen LogP contribution in [0.1, 0.15) is 25.6 Å². The molecule has 8 heteroatoms. The maximum Gasteiger partial charge on any atom is 0.284 e. The molecule has 0 fully saturated rings. The molecule has 0 amide bonds. The van der Waals surface area contributed by atoms with Gasteiger partial charge in [-0.15, -0.1) is 10.2 Å². The van der Waals surface area contributed by atoms with Gasteiger partial charge in [0, 0.05) is 22.2 Å². The third kappa shape index (κ3) is 3.33. The summed E-state index contributed by atoms with van der Waals surface area (Å²) in [6.07, 6.45) is 0. The lowest BCUT2D eigenvalue weighted by Crippen LogP contribution is -1.88. The molecule has 0 atom stereocenters. The Morgan fingerprint density at radius 3 is 2.76 bits per heavy atom. The lowest BCUT2D eigenvalue weighted by Gasteiger charge is -1.96. The van der Waals surface area contributed by atoms with Crippen molar-refractivity contribution >= 4 is 39.2 Å². The molecule has 0 bridgehead atoms. The van der Waals surface area contributed by atoms with Crippen LogP contribution in [0.3, 0.4) is 0 Å². The summed E-state index contributed by atoms with van der Waals surface area (Å²) in [6, 6.07) is 7.73. The molecule has 5 nitrogen and oxygen atoms in total. The van der Waals surface area contributed by atoms with Gasteiger partial charge in [-0.2, -0.15) is 4.37 Å². The van der Waals surface area contributed by atoms with Gasteiger partial charge in [0.25, 0.3) is 5.22 Å². The van der Waals surface area contributed by atoms with Crippen molar-refractivity contribution in [1.82, 2.24) is 19.6 Å². The first-order chi connectivity index (χ1) is 10.1. The van der Waals surface area contributed by atoms with E-state index in [1.165, 1.54) is 23.3 Å². The van der Waals surface area contributed by atoms with Gasteiger partial charge >= 0.3 is 0 Å². The lowest BCUT2D eigenvalue weighted by atomic mass is 10.2. The van der Waals surface area contributed by atoms with Crippen LogP contribution in [0, 0.1) is 0 Å². The van der Waals surface area contributed by atoms with Crippen molar-refractivity contribution in [1.29, 1.82) is 0 Å². The summed E-state index contributed by atoms with van der Waals surface area (Å²) in [5.41, 5.74) is 0.872. The summed E-state index contributed by atoms with van der Waals surface area (Å²) in [5, 5.41) is 8.59. The molecule has 0 aliphatic carbocycles. The molecule has 0 radical (unpaired) electrons. The highest BCUT2D eigenvalue weighted by Gasteiger charge is 2.15. The van der Waals surface area contributed by atoms with Crippen LogP contribution in [0.25, 0.3) is 11.5 Å². The van der Waals surface area contributed by atoms with Gasteiger partial charge in [-0.05, 0) is 39.6 Å². The van der Waals surface area contributed by atoms with E-state index in [2.05, 4.69) is 49.3 Å². The van der Waals surface area contributed by atoms with E-state index in [4.69, 9.17) is 4.42 Å². The van der Waals surface area contributed by atoms with E-state index >= 15 is 0 Å². The summed E-state index contributed by atoms with van der Waals surface area (Å²) in [7, 11) is 0. The van der Waals surface area contributed by atoms with Gasteiger partial charge in [-0.3, -0.25) is 0 Å². The van der Waals surface area contributed by atoms with Crippen molar-refractivity contribution in [3.63, 3.8) is 0 Å². The van der Waals surface area contributed by atoms with E-state index < -0.39 is 0 Å². The van der Waals surface area contributed by atoms with Crippen molar-refractivity contribution in [2.75, 3.05) is 0 Å². The predicted molar refractivity (Wildman–Crippen MR) is 85.6 cm³/mol. The Bertz CT molecular complexity index is 756. The molecule has 0 N–H and O–H groups in total. The largest absolute Gasteiger partial charge is 0.411 e. The zero-order valence-corrected chi connectivity index (χ0v) is 14.5. The fourth-order valence-electron chi connectivity index (χ4n) is 1.57. The first-order valence-corrected chi connectivity index (χ1v) is 8.61. The summed E-state index contributed by atoms with van der Waals surface area (Å²) in [5.74, 6) is 1.64. The summed E-state index contributed by atoms with van der Waals surface area (Å²) in [6.45, 7) is 4.13. The Labute approximate surface area is 138 Å². The van der Waals surface area contributed by atoms with Crippen LogP contribution < -0.4 is 0 Å². The van der Waals surface area contributed by atoms with E-state index in [9.17, 15) is 0 Å². The molecule has 21 heavy (non-hydrogen) atoms. The number of hydrogen-bond acceptors (Lipinski definition) is 7. The van der Waals surface area contributed by atoms with Crippen LogP contribution in [0.15, 0.2) is 42.7 Å². The normalized spacial score (nSPS) is 11.2. The fourth-order valence-corrected chi connectivity index (χ4v) is 3.54. The molecule has 3 aromatic rings. The molecule has 0 aliphatic heterocycles. The van der Waals surface area contributed by atoms with Crippen LogP contribution in [0.5, 0.6) is 0 Å². The highest BCUT2D eigenvalue weighted by atomic mass is 79.9. The van der Waals surface area contributed by atoms with Crippen LogP contribution in [-0.2, 0) is 0 Å². The number of hydrogen-bond donors (Lipinski definition) is 0. The molecule has 3 rings (SSSR count). The molecular formula is C13H11BrN4OS2. The summed E-state index contributed by atoms with van der Waals surface area (Å²) in [4.78, 5) is 4.44. The SMILES string of the molecule is CC(C)c1nsc(Sc2nnc(-c3ccccc3Br)o2)n1. The van der Waals surface area contributed by atoms with Crippen LogP contribution in [-0.4, -0.2) is 19.6 Å². The van der Waals surface area contributed by atoms with Gasteiger partial charge in [-0.25, -0.2) is 4.98 Å². The topological polar surface area (TPSA) is 64.7 Å². The maximum atomic E-state index is 5.67. The Kier molecular flexibility index (Phi) is 4.37. The molecule has 0 unspecified atom stereocenters. The van der Waals surface area contributed by atoms with E-state index in [1.54, 1.807) is 0 Å². The highest BCUT2D eigenvalue weighted by molar-refractivity contribution is 9.10. The van der Waals surface area contributed by atoms with Crippen LogP contribution in [0.2, 0.25) is 0 Å². The minimum absolute atomic E-state index is 0.314. The average Bonchev–Trinajstić information content (AvgIpc) is 3.09. The Morgan fingerprint density at radius 2 is 2.05 bits per heavy atom. The third-order valence-electron chi connectivity index (χ3n) is 2.62. The van der Waals surface area contributed by atoms with E-state index in [-0.39, 0.29) is 0 Å². The first kappa shape index (κ1) is 14.7. The lowest BCUT2D eigenvalue weighted by molar-refractivity contribution is 0.465. The Morgan fingerprint density at radius 1 is 1.24 bits per heavy atom. The van der Waals surface area contributed by atoms with Gasteiger partial charge in [0.1, 0.15) is 5.82 Å². The molecule has 0 spiro atoms. The second-order valence-electron chi connectivity index (χ2n) is 4.53. The highest BCUT2D eigenvalue weighted by Crippen LogP contribution is 2.33. The minimum Gasteiger partial charge on any atom is -0.411 e. The van der Waals surface area contributed by atoms with Crippen molar-refractivity contribution < 1.29 is 4.42 Å². The van der Waals surface area contributed by atoms with Crippen molar-refractivity contribution in [3.8, 4) is 11.5 Å². The number of benzene rings is 1. The average molecular weight is 383 g/mol. The predicted octanol–water partition coefficient (Wildman–Crippen LogP) is 4.63. The number of halogens is 1. The maximum absolute atomic E-state index is 5.67. The molecule has 0 aliphatic rings. The second-order valence-corrected chi connectivity index (χ2v) is 7.33. The minimum atomic E-state index is 0.314. The summed E-state index contributed by atoms with van der Waals surface area (Å²) >= 11 is 6.16. The number of rotatable bonds is 4. The van der Waals surface area contributed by atoms with Gasteiger partial charge in [0.15, 0.2) is 4.34 Å². The molecule has 2 heterocycles. The molecule has 2 aromatic heterocycles. The third-order valence-corrected chi connectivity index (χ3v) is 4.92. The van der Waals surface area contributed by atoms with Crippen molar-refractivity contribution in [3.05, 3.63) is 34.6 Å². The van der Waals surface area contributed by atoms with E-state index in [1.807, 2.05) is 24.3 Å². The second kappa shape index (κ2) is 6.25. The molecule has 0 saturated heterocycles. The Balaban J connectivity index is 1.80. The fraction of sp³-hybridized carbons (Fsp3) is 0.231. The van der Waals surface area contributed by atoms with Gasteiger partial charge < -0.3 is 4.42 Å². The molecular weight excluding hydrogens is 372 g/mol. The zero-order chi connectivity index (χ0) is 14.8. The monoisotopic (exact) mass is 382 g/mol.